The summed E-state index contributed by atoms with van der Waals surface area (Å²) in [7, 11) is 0. The highest BCUT2D eigenvalue weighted by atomic mass is 79.9. The van der Waals surface area contributed by atoms with Gasteiger partial charge in [-0.05, 0) is 53.0 Å². The molecule has 1 unspecified atom stereocenters. The highest BCUT2D eigenvalue weighted by Gasteiger charge is 2.26. The van der Waals surface area contributed by atoms with Gasteiger partial charge in [0, 0.05) is 28.6 Å². The minimum absolute atomic E-state index is 0.0357. The van der Waals surface area contributed by atoms with E-state index >= 15 is 0 Å². The van der Waals surface area contributed by atoms with Crippen molar-refractivity contribution in [2.75, 3.05) is 29.9 Å². The van der Waals surface area contributed by atoms with Crippen LogP contribution in [0.1, 0.15) is 22.7 Å². The summed E-state index contributed by atoms with van der Waals surface area (Å²) >= 11 is 5.48. The van der Waals surface area contributed by atoms with Crippen LogP contribution in [0.15, 0.2) is 46.9 Å². The fourth-order valence-corrected chi connectivity index (χ4v) is 4.77. The van der Waals surface area contributed by atoms with Crippen LogP contribution in [0.2, 0.25) is 0 Å². The van der Waals surface area contributed by atoms with Crippen molar-refractivity contribution in [1.82, 2.24) is 4.90 Å². The number of anilines is 1. The zero-order valence-corrected chi connectivity index (χ0v) is 17.0. The number of benzene rings is 2. The van der Waals surface area contributed by atoms with Crippen molar-refractivity contribution < 1.29 is 4.79 Å². The number of rotatable bonds is 4. The smallest absolute Gasteiger partial charge is 0.238 e. The molecular formula is C20H23BrN2OS. The molecule has 1 fully saturated rings. The summed E-state index contributed by atoms with van der Waals surface area (Å²) in [5, 5.41) is 3.03. The quantitative estimate of drug-likeness (QED) is 0.773. The number of hydrogen-bond donors (Lipinski definition) is 1. The number of thioether (sulfide) groups is 1. The molecule has 2 aromatic carbocycles. The van der Waals surface area contributed by atoms with Crippen molar-refractivity contribution in [1.29, 1.82) is 0 Å². The summed E-state index contributed by atoms with van der Waals surface area (Å²) in [6.07, 6.45) is 0. The van der Waals surface area contributed by atoms with Crippen molar-refractivity contribution in [3.63, 3.8) is 0 Å². The first kappa shape index (κ1) is 18.5. The van der Waals surface area contributed by atoms with Crippen molar-refractivity contribution in [2.24, 2.45) is 0 Å². The van der Waals surface area contributed by atoms with Gasteiger partial charge in [-0.25, -0.2) is 0 Å². The highest BCUT2D eigenvalue weighted by molar-refractivity contribution is 9.10. The lowest BCUT2D eigenvalue weighted by molar-refractivity contribution is -0.117. The van der Waals surface area contributed by atoms with Gasteiger partial charge in [-0.15, -0.1) is 0 Å². The van der Waals surface area contributed by atoms with E-state index < -0.39 is 0 Å². The van der Waals surface area contributed by atoms with Gasteiger partial charge in [0.1, 0.15) is 0 Å². The average Bonchev–Trinajstić information content (AvgIpc) is 2.59. The zero-order valence-electron chi connectivity index (χ0n) is 14.6. The number of nitrogens with one attached hydrogen (secondary N) is 1. The van der Waals surface area contributed by atoms with Crippen molar-refractivity contribution in [3.8, 4) is 0 Å². The van der Waals surface area contributed by atoms with Crippen LogP contribution in [-0.4, -0.2) is 35.4 Å². The third-order valence-electron chi connectivity index (χ3n) is 4.45. The molecule has 3 nitrogen and oxygen atoms in total. The second kappa shape index (κ2) is 8.39. The van der Waals surface area contributed by atoms with Gasteiger partial charge in [0.2, 0.25) is 5.91 Å². The summed E-state index contributed by atoms with van der Waals surface area (Å²) in [4.78, 5) is 14.9. The first-order valence-corrected chi connectivity index (χ1v) is 10.4. The highest BCUT2D eigenvalue weighted by Crippen LogP contribution is 2.30. The normalized spacial score (nSPS) is 18.1. The fourth-order valence-electron chi connectivity index (χ4n) is 3.02. The molecule has 5 heteroatoms. The molecule has 3 rings (SSSR count). The molecule has 2 aromatic rings. The minimum atomic E-state index is 0.0357. The molecule has 1 aliphatic rings. The lowest BCUT2D eigenvalue weighted by atomic mass is 10.0. The van der Waals surface area contributed by atoms with E-state index in [4.69, 9.17) is 0 Å². The Morgan fingerprint density at radius 3 is 2.64 bits per heavy atom. The van der Waals surface area contributed by atoms with Gasteiger partial charge in [-0.2, -0.15) is 11.8 Å². The van der Waals surface area contributed by atoms with E-state index in [0.717, 1.165) is 33.8 Å². The van der Waals surface area contributed by atoms with Gasteiger partial charge in [0.15, 0.2) is 0 Å². The monoisotopic (exact) mass is 418 g/mol. The number of hydrogen-bond acceptors (Lipinski definition) is 3. The molecule has 1 atom stereocenters. The molecule has 0 aromatic heterocycles. The predicted molar refractivity (Wildman–Crippen MR) is 110 cm³/mol. The Morgan fingerprint density at radius 2 is 1.92 bits per heavy atom. The molecule has 1 aliphatic heterocycles. The Kier molecular flexibility index (Phi) is 6.20. The maximum Gasteiger partial charge on any atom is 0.238 e. The largest absolute Gasteiger partial charge is 0.324 e. The number of amides is 1. The van der Waals surface area contributed by atoms with Crippen molar-refractivity contribution in [2.45, 2.75) is 19.9 Å². The van der Waals surface area contributed by atoms with Crippen LogP contribution in [-0.2, 0) is 4.79 Å². The third kappa shape index (κ3) is 4.87. The molecular weight excluding hydrogens is 396 g/mol. The van der Waals surface area contributed by atoms with Crippen LogP contribution < -0.4 is 5.32 Å². The molecule has 0 spiro atoms. The topological polar surface area (TPSA) is 32.3 Å². The number of aryl methyl sites for hydroxylation is 2. The first-order valence-electron chi connectivity index (χ1n) is 8.47. The summed E-state index contributed by atoms with van der Waals surface area (Å²) in [6, 6.07) is 14.9. The van der Waals surface area contributed by atoms with E-state index in [0.29, 0.717) is 12.6 Å². The maximum absolute atomic E-state index is 12.6. The Balaban J connectivity index is 1.68. The van der Waals surface area contributed by atoms with Gasteiger partial charge in [-0.1, -0.05) is 35.9 Å². The van der Waals surface area contributed by atoms with Gasteiger partial charge in [0.25, 0.3) is 0 Å². The summed E-state index contributed by atoms with van der Waals surface area (Å²) < 4.78 is 0.921. The molecule has 132 valence electrons. The first-order chi connectivity index (χ1) is 12.0. The van der Waals surface area contributed by atoms with Crippen LogP contribution in [0.5, 0.6) is 0 Å². The average molecular weight is 419 g/mol. The Labute approximate surface area is 162 Å². The Bertz CT molecular complexity index is 748. The SMILES string of the molecule is Cc1ccc(C2CSCCN2CC(=O)Nc2ccc(C)cc2Br)cc1. The van der Waals surface area contributed by atoms with E-state index in [9.17, 15) is 4.79 Å². The summed E-state index contributed by atoms with van der Waals surface area (Å²) in [5.74, 6) is 2.14. The molecule has 1 N–H and O–H groups in total. The summed E-state index contributed by atoms with van der Waals surface area (Å²) in [5.41, 5.74) is 4.55. The van der Waals surface area contributed by atoms with E-state index in [2.05, 4.69) is 57.3 Å². The van der Waals surface area contributed by atoms with Gasteiger partial charge < -0.3 is 5.32 Å². The molecule has 0 aliphatic carbocycles. The molecule has 1 heterocycles. The van der Waals surface area contributed by atoms with Crippen LogP contribution in [0, 0.1) is 13.8 Å². The van der Waals surface area contributed by atoms with Crippen LogP contribution in [0.3, 0.4) is 0 Å². The number of carbonyl (C=O) groups is 1. The second-order valence-electron chi connectivity index (χ2n) is 6.50. The Morgan fingerprint density at radius 1 is 1.20 bits per heavy atom. The van der Waals surface area contributed by atoms with Gasteiger partial charge >= 0.3 is 0 Å². The lowest BCUT2D eigenvalue weighted by Gasteiger charge is -2.35. The molecule has 0 saturated carbocycles. The van der Waals surface area contributed by atoms with Crippen molar-refractivity contribution in [3.05, 3.63) is 63.6 Å². The number of halogens is 1. The predicted octanol–water partition coefficient (Wildman–Crippen LogP) is 4.79. The van der Waals surface area contributed by atoms with Crippen LogP contribution in [0.25, 0.3) is 0 Å². The Hall–Kier alpha value is -1.30. The van der Waals surface area contributed by atoms with E-state index in [1.165, 1.54) is 11.1 Å². The van der Waals surface area contributed by atoms with Crippen molar-refractivity contribution >= 4 is 39.3 Å². The number of nitrogens with zero attached hydrogens (tertiary/aromatic N) is 1. The van der Waals surface area contributed by atoms with Crippen LogP contribution in [0.4, 0.5) is 5.69 Å². The number of carbonyl (C=O) groups excluding carboxylic acids is 1. The van der Waals surface area contributed by atoms with Crippen LogP contribution >= 0.6 is 27.7 Å². The second-order valence-corrected chi connectivity index (χ2v) is 8.51. The zero-order chi connectivity index (χ0) is 17.8. The lowest BCUT2D eigenvalue weighted by Crippen LogP contribution is -2.41. The van der Waals surface area contributed by atoms with E-state index in [1.54, 1.807) is 0 Å². The third-order valence-corrected chi connectivity index (χ3v) is 6.13. The molecule has 0 bridgehead atoms. The molecule has 0 radical (unpaired) electrons. The van der Waals surface area contributed by atoms with Gasteiger partial charge in [0.05, 0.1) is 12.2 Å². The van der Waals surface area contributed by atoms with E-state index in [1.807, 2.05) is 36.9 Å². The molecule has 25 heavy (non-hydrogen) atoms. The maximum atomic E-state index is 12.6. The van der Waals surface area contributed by atoms with E-state index in [-0.39, 0.29) is 5.91 Å². The minimum Gasteiger partial charge on any atom is -0.324 e. The summed E-state index contributed by atoms with van der Waals surface area (Å²) in [6.45, 7) is 5.49. The molecule has 1 saturated heterocycles. The fraction of sp³-hybridized carbons (Fsp3) is 0.350. The standard InChI is InChI=1S/C20H23BrN2OS/c1-14-3-6-16(7-4-14)19-13-25-10-9-23(19)12-20(24)22-18-8-5-15(2)11-17(18)21/h3-8,11,19H,9-10,12-13H2,1-2H3,(H,22,24). The van der Waals surface area contributed by atoms with Gasteiger partial charge in [-0.3, -0.25) is 9.69 Å². The molecule has 1 amide bonds.